The second-order valence-electron chi connectivity index (χ2n) is 5.46. The van der Waals surface area contributed by atoms with E-state index in [1.807, 2.05) is 0 Å². The number of benzene rings is 3. The van der Waals surface area contributed by atoms with E-state index in [0.717, 1.165) is 4.47 Å². The van der Waals surface area contributed by atoms with Gasteiger partial charge in [0.25, 0.3) is 0 Å². The Morgan fingerprint density at radius 2 is 1.33 bits per heavy atom. The van der Waals surface area contributed by atoms with Gasteiger partial charge in [0.15, 0.2) is 0 Å². The van der Waals surface area contributed by atoms with Crippen LogP contribution in [0.5, 0.6) is 0 Å². The summed E-state index contributed by atoms with van der Waals surface area (Å²) in [6, 6.07) is 19.7. The summed E-state index contributed by atoms with van der Waals surface area (Å²) in [7, 11) is 0. The van der Waals surface area contributed by atoms with Gasteiger partial charge in [-0.3, -0.25) is 0 Å². The van der Waals surface area contributed by atoms with Crippen LogP contribution in [0.2, 0.25) is 0 Å². The Labute approximate surface area is 142 Å². The van der Waals surface area contributed by atoms with Crippen molar-refractivity contribution < 1.29 is 0 Å². The topological polar surface area (TPSA) is 0 Å². The van der Waals surface area contributed by atoms with E-state index in [-0.39, 0.29) is 4.83 Å². The van der Waals surface area contributed by atoms with E-state index in [1.54, 1.807) is 0 Å². The third kappa shape index (κ3) is 3.07. The Hall–Kier alpha value is -1.12. The first-order valence-electron chi connectivity index (χ1n) is 6.95. The van der Waals surface area contributed by atoms with Crippen molar-refractivity contribution >= 4 is 42.6 Å². The molecule has 0 amide bonds. The molecule has 106 valence electrons. The van der Waals surface area contributed by atoms with Crippen molar-refractivity contribution in [3.8, 4) is 0 Å². The van der Waals surface area contributed by atoms with Crippen LogP contribution in [-0.4, -0.2) is 0 Å². The average Bonchev–Trinajstić information content (AvgIpc) is 2.49. The molecular weight excluding hydrogens is 388 g/mol. The summed E-state index contributed by atoms with van der Waals surface area (Å²) in [6.45, 7) is 4.31. The van der Waals surface area contributed by atoms with Crippen LogP contribution in [0.25, 0.3) is 10.8 Å². The predicted octanol–water partition coefficient (Wildman–Crippen LogP) is 6.70. The van der Waals surface area contributed by atoms with Gasteiger partial charge in [0.05, 0.1) is 4.83 Å². The molecule has 0 saturated carbocycles. The molecule has 0 aliphatic heterocycles. The van der Waals surface area contributed by atoms with Gasteiger partial charge < -0.3 is 0 Å². The van der Waals surface area contributed by atoms with E-state index in [1.165, 1.54) is 33.0 Å². The molecular formula is C19H16Br2. The highest BCUT2D eigenvalue weighted by atomic mass is 79.9. The van der Waals surface area contributed by atoms with Crippen molar-refractivity contribution in [3.05, 3.63) is 81.3 Å². The molecule has 0 nitrogen and oxygen atoms in total. The number of alkyl halides is 1. The lowest BCUT2D eigenvalue weighted by Gasteiger charge is -2.13. The van der Waals surface area contributed by atoms with E-state index < -0.39 is 0 Å². The number of hydrogen-bond donors (Lipinski definition) is 0. The van der Waals surface area contributed by atoms with Crippen molar-refractivity contribution in [3.63, 3.8) is 0 Å². The molecule has 2 heteroatoms. The Kier molecular flexibility index (Phi) is 4.19. The smallest absolute Gasteiger partial charge is 0.0644 e. The molecule has 0 bridgehead atoms. The van der Waals surface area contributed by atoms with Gasteiger partial charge in [-0.25, -0.2) is 0 Å². The van der Waals surface area contributed by atoms with Crippen LogP contribution in [0, 0.1) is 13.8 Å². The summed E-state index contributed by atoms with van der Waals surface area (Å²) in [5, 5.41) is 2.52. The van der Waals surface area contributed by atoms with Crippen molar-refractivity contribution in [2.24, 2.45) is 0 Å². The molecule has 0 radical (unpaired) electrons. The van der Waals surface area contributed by atoms with Crippen LogP contribution in [0.1, 0.15) is 27.1 Å². The van der Waals surface area contributed by atoms with Crippen LogP contribution in [0.3, 0.4) is 0 Å². The van der Waals surface area contributed by atoms with Crippen molar-refractivity contribution in [1.82, 2.24) is 0 Å². The summed E-state index contributed by atoms with van der Waals surface area (Å²) in [4.78, 5) is 0.227. The SMILES string of the molecule is Cc1ccc(C(Br)c2ccc3cc(Br)ccc3c2)cc1C. The number of aryl methyl sites for hydroxylation is 2. The molecule has 3 aromatic rings. The lowest BCUT2D eigenvalue weighted by molar-refractivity contribution is 1.16. The molecule has 0 saturated heterocycles. The molecule has 0 N–H and O–H groups in total. The van der Waals surface area contributed by atoms with Gasteiger partial charge in [-0.15, -0.1) is 0 Å². The van der Waals surface area contributed by atoms with Gasteiger partial charge in [0.1, 0.15) is 0 Å². The molecule has 0 aliphatic carbocycles. The number of halogens is 2. The Morgan fingerprint density at radius 1 is 0.714 bits per heavy atom. The quantitative estimate of drug-likeness (QED) is 0.417. The first-order chi connectivity index (χ1) is 10.0. The number of hydrogen-bond acceptors (Lipinski definition) is 0. The summed E-state index contributed by atoms with van der Waals surface area (Å²) < 4.78 is 1.12. The van der Waals surface area contributed by atoms with Crippen molar-refractivity contribution in [2.75, 3.05) is 0 Å². The molecule has 0 aromatic heterocycles. The monoisotopic (exact) mass is 402 g/mol. The molecule has 0 aliphatic rings. The molecule has 21 heavy (non-hydrogen) atoms. The largest absolute Gasteiger partial charge is 0.0786 e. The minimum absolute atomic E-state index is 0.227. The summed E-state index contributed by atoms with van der Waals surface area (Å²) in [5.41, 5.74) is 5.26. The Morgan fingerprint density at radius 3 is 2.10 bits per heavy atom. The van der Waals surface area contributed by atoms with E-state index >= 15 is 0 Å². The zero-order valence-corrected chi connectivity index (χ0v) is 15.2. The fourth-order valence-corrected chi connectivity index (χ4v) is 3.46. The Bertz CT molecular complexity index is 806. The summed E-state index contributed by atoms with van der Waals surface area (Å²) in [6.07, 6.45) is 0. The van der Waals surface area contributed by atoms with Gasteiger partial charge in [-0.2, -0.15) is 0 Å². The standard InChI is InChI=1S/C19H16Br2/c1-12-3-4-16(9-13(12)2)19(21)17-6-5-15-11-18(20)8-7-14(15)10-17/h3-11,19H,1-2H3. The normalized spacial score (nSPS) is 12.6. The first kappa shape index (κ1) is 14.8. The third-order valence-corrected chi connectivity index (χ3v) is 5.49. The van der Waals surface area contributed by atoms with Crippen LogP contribution in [0.15, 0.2) is 59.1 Å². The lowest BCUT2D eigenvalue weighted by atomic mass is 9.98. The predicted molar refractivity (Wildman–Crippen MR) is 98.3 cm³/mol. The maximum atomic E-state index is 3.84. The highest BCUT2D eigenvalue weighted by Crippen LogP contribution is 2.33. The van der Waals surface area contributed by atoms with Crippen LogP contribution in [0.4, 0.5) is 0 Å². The van der Waals surface area contributed by atoms with Crippen molar-refractivity contribution in [1.29, 1.82) is 0 Å². The highest BCUT2D eigenvalue weighted by molar-refractivity contribution is 9.10. The van der Waals surface area contributed by atoms with Crippen molar-refractivity contribution in [2.45, 2.75) is 18.7 Å². The van der Waals surface area contributed by atoms with Gasteiger partial charge >= 0.3 is 0 Å². The number of fused-ring (bicyclic) bond motifs is 1. The minimum Gasteiger partial charge on any atom is -0.0786 e. The van der Waals surface area contributed by atoms with E-state index in [9.17, 15) is 0 Å². The Balaban J connectivity index is 2.02. The third-order valence-electron chi connectivity index (χ3n) is 3.94. The van der Waals surface area contributed by atoms with Gasteiger partial charge in [-0.05, 0) is 65.1 Å². The molecule has 1 unspecified atom stereocenters. The number of rotatable bonds is 2. The summed E-state index contributed by atoms with van der Waals surface area (Å²) in [5.74, 6) is 0. The molecule has 0 spiro atoms. The van der Waals surface area contributed by atoms with Crippen LogP contribution < -0.4 is 0 Å². The second kappa shape index (κ2) is 5.94. The zero-order chi connectivity index (χ0) is 15.0. The van der Waals surface area contributed by atoms with Gasteiger partial charge in [0.2, 0.25) is 0 Å². The molecule has 1 atom stereocenters. The molecule has 0 heterocycles. The fraction of sp³-hybridized carbons (Fsp3) is 0.158. The molecule has 3 aromatic carbocycles. The van der Waals surface area contributed by atoms with Crippen LogP contribution >= 0.6 is 31.9 Å². The maximum absolute atomic E-state index is 3.84. The average molecular weight is 404 g/mol. The van der Waals surface area contributed by atoms with Gasteiger partial charge in [0, 0.05) is 4.47 Å². The van der Waals surface area contributed by atoms with Crippen LogP contribution in [-0.2, 0) is 0 Å². The zero-order valence-electron chi connectivity index (χ0n) is 12.0. The summed E-state index contributed by atoms with van der Waals surface area (Å²) >= 11 is 7.37. The van der Waals surface area contributed by atoms with E-state index in [2.05, 4.69) is 100 Å². The maximum Gasteiger partial charge on any atom is 0.0644 e. The highest BCUT2D eigenvalue weighted by Gasteiger charge is 2.11. The lowest BCUT2D eigenvalue weighted by Crippen LogP contribution is -1.94. The van der Waals surface area contributed by atoms with E-state index in [0.29, 0.717) is 0 Å². The first-order valence-corrected chi connectivity index (χ1v) is 8.66. The molecule has 0 fully saturated rings. The van der Waals surface area contributed by atoms with E-state index in [4.69, 9.17) is 0 Å². The van der Waals surface area contributed by atoms with Gasteiger partial charge in [-0.1, -0.05) is 68.3 Å². The minimum atomic E-state index is 0.227. The molecule has 3 rings (SSSR count). The fourth-order valence-electron chi connectivity index (χ4n) is 2.51. The second-order valence-corrected chi connectivity index (χ2v) is 7.29.